The quantitative estimate of drug-likeness (QED) is 0.869. The van der Waals surface area contributed by atoms with Gasteiger partial charge in [0.2, 0.25) is 11.8 Å². The van der Waals surface area contributed by atoms with Crippen LogP contribution in [0.25, 0.3) is 0 Å². The van der Waals surface area contributed by atoms with Crippen LogP contribution in [0.4, 0.5) is 5.69 Å². The Hall–Kier alpha value is -2.04. The second-order valence-corrected chi connectivity index (χ2v) is 6.74. The zero-order valence-corrected chi connectivity index (χ0v) is 13.8. The molecule has 0 aromatic heterocycles. The number of piperidine rings is 1. The van der Waals surface area contributed by atoms with Gasteiger partial charge in [-0.1, -0.05) is 13.0 Å². The zero-order chi connectivity index (χ0) is 16.4. The summed E-state index contributed by atoms with van der Waals surface area (Å²) < 4.78 is 5.16. The molecule has 2 amide bonds. The van der Waals surface area contributed by atoms with Crippen LogP contribution in [0.1, 0.15) is 32.6 Å². The van der Waals surface area contributed by atoms with Gasteiger partial charge in [-0.25, -0.2) is 0 Å². The largest absolute Gasteiger partial charge is 0.497 e. The number of amides is 2. The van der Waals surface area contributed by atoms with E-state index in [1.165, 1.54) is 0 Å². The van der Waals surface area contributed by atoms with E-state index >= 15 is 0 Å². The van der Waals surface area contributed by atoms with Crippen molar-refractivity contribution in [1.29, 1.82) is 0 Å². The lowest BCUT2D eigenvalue weighted by Gasteiger charge is -2.32. The maximum absolute atomic E-state index is 12.8. The lowest BCUT2D eigenvalue weighted by Crippen LogP contribution is -2.46. The third kappa shape index (κ3) is 3.19. The van der Waals surface area contributed by atoms with E-state index in [2.05, 4.69) is 12.2 Å². The second kappa shape index (κ2) is 6.22. The number of anilines is 1. The number of methoxy groups -OCH3 is 1. The second-order valence-electron chi connectivity index (χ2n) is 6.74. The van der Waals surface area contributed by atoms with Crippen molar-refractivity contribution in [1.82, 2.24) is 4.90 Å². The smallest absolute Gasteiger partial charge is 0.240 e. The maximum atomic E-state index is 12.8. The van der Waals surface area contributed by atoms with Gasteiger partial charge in [0.25, 0.3) is 0 Å². The predicted molar refractivity (Wildman–Crippen MR) is 88.3 cm³/mol. The van der Waals surface area contributed by atoms with Gasteiger partial charge in [-0.2, -0.15) is 0 Å². The Bertz CT molecular complexity index is 602. The van der Waals surface area contributed by atoms with Gasteiger partial charge in [-0.05, 0) is 43.7 Å². The first-order valence-corrected chi connectivity index (χ1v) is 8.30. The fraction of sp³-hybridized carbons (Fsp3) is 0.556. The van der Waals surface area contributed by atoms with Crippen molar-refractivity contribution >= 4 is 17.5 Å². The first-order chi connectivity index (χ1) is 11.0. The summed E-state index contributed by atoms with van der Waals surface area (Å²) in [6, 6.07) is 7.22. The Labute approximate surface area is 137 Å². The van der Waals surface area contributed by atoms with Crippen LogP contribution < -0.4 is 10.1 Å². The van der Waals surface area contributed by atoms with E-state index in [9.17, 15) is 9.59 Å². The zero-order valence-electron chi connectivity index (χ0n) is 13.8. The number of likely N-dealkylation sites (tertiary alicyclic amines) is 1. The summed E-state index contributed by atoms with van der Waals surface area (Å²) in [6.45, 7) is 3.76. The predicted octanol–water partition coefficient (Wildman–Crippen LogP) is 2.67. The molecular weight excluding hydrogens is 292 g/mol. The molecule has 0 bridgehead atoms. The van der Waals surface area contributed by atoms with Gasteiger partial charge in [0.05, 0.1) is 7.11 Å². The number of carbonyl (C=O) groups is 2. The first kappa shape index (κ1) is 15.8. The van der Waals surface area contributed by atoms with Gasteiger partial charge in [0.15, 0.2) is 0 Å². The van der Waals surface area contributed by atoms with E-state index < -0.39 is 5.41 Å². The van der Waals surface area contributed by atoms with E-state index in [1.807, 2.05) is 23.1 Å². The molecule has 1 saturated carbocycles. The average Bonchev–Trinajstić information content (AvgIpc) is 3.37. The van der Waals surface area contributed by atoms with Crippen LogP contribution in [0.5, 0.6) is 5.75 Å². The molecular formula is C18H24N2O3. The highest BCUT2D eigenvalue weighted by atomic mass is 16.5. The molecule has 0 unspecified atom stereocenters. The van der Waals surface area contributed by atoms with Crippen LogP contribution in [-0.2, 0) is 9.59 Å². The maximum Gasteiger partial charge on any atom is 0.240 e. The summed E-state index contributed by atoms with van der Waals surface area (Å²) in [4.78, 5) is 27.3. The monoisotopic (exact) mass is 316 g/mol. The van der Waals surface area contributed by atoms with Crippen LogP contribution in [0, 0.1) is 11.3 Å². The molecule has 1 N–H and O–H groups in total. The molecule has 1 aliphatic heterocycles. The number of hydrogen-bond acceptors (Lipinski definition) is 3. The van der Waals surface area contributed by atoms with Crippen LogP contribution in [0.2, 0.25) is 0 Å². The Morgan fingerprint density at radius 3 is 2.57 bits per heavy atom. The van der Waals surface area contributed by atoms with Crippen LogP contribution in [-0.4, -0.2) is 36.9 Å². The van der Waals surface area contributed by atoms with E-state index in [0.717, 1.165) is 25.9 Å². The molecule has 1 aromatic rings. The van der Waals surface area contributed by atoms with Crippen molar-refractivity contribution in [2.75, 3.05) is 25.5 Å². The van der Waals surface area contributed by atoms with Crippen molar-refractivity contribution in [2.45, 2.75) is 32.6 Å². The Morgan fingerprint density at radius 2 is 1.96 bits per heavy atom. The van der Waals surface area contributed by atoms with Crippen LogP contribution in [0.15, 0.2) is 24.3 Å². The van der Waals surface area contributed by atoms with E-state index in [1.54, 1.807) is 13.2 Å². The highest BCUT2D eigenvalue weighted by Gasteiger charge is 2.58. The van der Waals surface area contributed by atoms with E-state index in [4.69, 9.17) is 4.74 Å². The number of nitrogens with one attached hydrogen (secondary N) is 1. The van der Waals surface area contributed by atoms with Crippen LogP contribution in [0.3, 0.4) is 0 Å². The minimum absolute atomic E-state index is 0.00444. The lowest BCUT2D eigenvalue weighted by atomic mass is 9.96. The summed E-state index contributed by atoms with van der Waals surface area (Å²) in [7, 11) is 1.59. The molecule has 23 heavy (non-hydrogen) atoms. The third-order valence-corrected chi connectivity index (χ3v) is 4.99. The molecule has 1 aliphatic carbocycles. The van der Waals surface area contributed by atoms with Crippen molar-refractivity contribution in [3.8, 4) is 5.75 Å². The SMILES string of the molecule is COc1cccc(NC(=O)C2(C(=O)N3CCC(C)CC3)CC2)c1. The number of carbonyl (C=O) groups excluding carboxylic acids is 2. The molecule has 2 fully saturated rings. The molecule has 124 valence electrons. The molecule has 1 saturated heterocycles. The van der Waals surface area contributed by atoms with Gasteiger partial charge < -0.3 is 15.0 Å². The summed E-state index contributed by atoms with van der Waals surface area (Å²) >= 11 is 0. The number of hydrogen-bond donors (Lipinski definition) is 1. The topological polar surface area (TPSA) is 58.6 Å². The van der Waals surface area contributed by atoms with E-state index in [-0.39, 0.29) is 11.8 Å². The summed E-state index contributed by atoms with van der Waals surface area (Å²) in [5, 5.41) is 2.88. The fourth-order valence-corrected chi connectivity index (χ4v) is 3.13. The van der Waals surface area contributed by atoms with Gasteiger partial charge in [0, 0.05) is 24.8 Å². The van der Waals surface area contributed by atoms with Crippen molar-refractivity contribution in [3.63, 3.8) is 0 Å². The molecule has 1 heterocycles. The van der Waals surface area contributed by atoms with Gasteiger partial charge in [-0.3, -0.25) is 9.59 Å². The molecule has 2 aliphatic rings. The van der Waals surface area contributed by atoms with Gasteiger partial charge in [0.1, 0.15) is 11.2 Å². The molecule has 5 nitrogen and oxygen atoms in total. The first-order valence-electron chi connectivity index (χ1n) is 8.30. The summed E-state index contributed by atoms with van der Waals surface area (Å²) in [6.07, 6.45) is 3.35. The normalized spacial score (nSPS) is 20.0. The summed E-state index contributed by atoms with van der Waals surface area (Å²) in [5.41, 5.74) is -0.176. The van der Waals surface area contributed by atoms with Gasteiger partial charge in [-0.15, -0.1) is 0 Å². The van der Waals surface area contributed by atoms with Gasteiger partial charge >= 0.3 is 0 Å². The molecule has 0 atom stereocenters. The van der Waals surface area contributed by atoms with Crippen molar-refractivity contribution < 1.29 is 14.3 Å². The standard InChI is InChI=1S/C18H24N2O3/c1-13-6-10-20(11-7-13)17(22)18(8-9-18)16(21)19-14-4-3-5-15(12-14)23-2/h3-5,12-13H,6-11H2,1-2H3,(H,19,21). The number of rotatable bonds is 4. The molecule has 1 aromatic carbocycles. The average molecular weight is 316 g/mol. The van der Waals surface area contributed by atoms with Crippen molar-refractivity contribution in [3.05, 3.63) is 24.3 Å². The third-order valence-electron chi connectivity index (χ3n) is 4.99. The highest BCUT2D eigenvalue weighted by Crippen LogP contribution is 2.48. The molecule has 0 radical (unpaired) electrons. The molecule has 5 heteroatoms. The number of ether oxygens (including phenoxy) is 1. The lowest BCUT2D eigenvalue weighted by molar-refractivity contribution is -0.143. The van der Waals surface area contributed by atoms with Crippen LogP contribution >= 0.6 is 0 Å². The minimum Gasteiger partial charge on any atom is -0.497 e. The highest BCUT2D eigenvalue weighted by molar-refractivity contribution is 6.13. The minimum atomic E-state index is -0.844. The Balaban J connectivity index is 1.67. The van der Waals surface area contributed by atoms with Crippen molar-refractivity contribution in [2.24, 2.45) is 11.3 Å². The number of nitrogens with zero attached hydrogens (tertiary/aromatic N) is 1. The fourth-order valence-electron chi connectivity index (χ4n) is 3.13. The van der Waals surface area contributed by atoms with E-state index in [0.29, 0.717) is 30.2 Å². The number of benzene rings is 1. The summed E-state index contributed by atoms with van der Waals surface area (Å²) in [5.74, 6) is 1.17. The Morgan fingerprint density at radius 1 is 1.26 bits per heavy atom. The molecule has 3 rings (SSSR count). The molecule has 0 spiro atoms. The Kier molecular flexibility index (Phi) is 4.28.